The van der Waals surface area contributed by atoms with E-state index in [1.807, 2.05) is 13.0 Å². The number of nitrogens with zero attached hydrogens (tertiary/aromatic N) is 3. The molecule has 28 heavy (non-hydrogen) atoms. The van der Waals surface area contributed by atoms with Crippen LogP contribution in [-0.2, 0) is 11.3 Å². The molecule has 3 N–H and O–H groups in total. The van der Waals surface area contributed by atoms with Crippen LogP contribution in [0, 0.1) is 0 Å². The average molecular weight is 391 g/mol. The fourth-order valence-electron chi connectivity index (χ4n) is 2.74. The topological polar surface area (TPSA) is 104 Å². The van der Waals surface area contributed by atoms with E-state index in [0.29, 0.717) is 36.7 Å². The molecule has 0 aliphatic carbocycles. The molecule has 148 valence electrons. The first-order valence-electron chi connectivity index (χ1n) is 8.49. The van der Waals surface area contributed by atoms with E-state index >= 15 is 0 Å². The molecule has 0 saturated carbocycles. The first-order chi connectivity index (χ1) is 13.5. The summed E-state index contributed by atoms with van der Waals surface area (Å²) in [4.78, 5) is 18.9. The summed E-state index contributed by atoms with van der Waals surface area (Å²) in [5.74, 6) is -0.252. The van der Waals surface area contributed by atoms with Crippen molar-refractivity contribution in [3.05, 3.63) is 59.6 Å². The molecule has 0 fully saturated rings. The zero-order chi connectivity index (χ0) is 20.1. The molecule has 0 radical (unpaired) electrons. The zero-order valence-corrected chi connectivity index (χ0v) is 15.1. The number of nitrogens with two attached hydrogens (primary N) is 1. The van der Waals surface area contributed by atoms with E-state index in [9.17, 15) is 13.6 Å². The lowest BCUT2D eigenvalue weighted by molar-refractivity contribution is -0.0528. The molecule has 0 unspecified atom stereocenters. The minimum absolute atomic E-state index is 0.179. The van der Waals surface area contributed by atoms with Gasteiger partial charge >= 0.3 is 6.61 Å². The van der Waals surface area contributed by atoms with Gasteiger partial charge in [-0.3, -0.25) is 4.79 Å². The summed E-state index contributed by atoms with van der Waals surface area (Å²) in [6.07, 6.45) is 6.36. The van der Waals surface area contributed by atoms with Crippen molar-refractivity contribution in [3.8, 4) is 5.88 Å². The maximum absolute atomic E-state index is 12.5. The third-order valence-electron chi connectivity index (χ3n) is 3.88. The molecular formula is C18H19F2N5O3. The maximum Gasteiger partial charge on any atom is 0.388 e. The largest absolute Gasteiger partial charge is 0.479 e. The zero-order valence-electron chi connectivity index (χ0n) is 15.1. The van der Waals surface area contributed by atoms with Crippen LogP contribution in [-0.4, -0.2) is 40.2 Å². The number of ether oxygens (including phenoxy) is 2. The number of hydrogen-bond donors (Lipinski definition) is 2. The van der Waals surface area contributed by atoms with Gasteiger partial charge in [0.25, 0.3) is 5.91 Å². The van der Waals surface area contributed by atoms with Crippen LogP contribution >= 0.6 is 0 Å². The SMILES string of the molecule is CCOC1=C(c2ccnc(OC(F)F)c2)C=C(Cn2cnc(C(N)=O)c2)CN1. The molecular weight excluding hydrogens is 372 g/mol. The second-order valence-corrected chi connectivity index (χ2v) is 5.89. The summed E-state index contributed by atoms with van der Waals surface area (Å²) >= 11 is 0. The Balaban J connectivity index is 1.89. The Hall–Kier alpha value is -3.43. The molecule has 3 heterocycles. The summed E-state index contributed by atoms with van der Waals surface area (Å²) in [6, 6.07) is 3.10. The number of imidazole rings is 1. The minimum atomic E-state index is -2.96. The molecule has 3 rings (SSSR count). The summed E-state index contributed by atoms with van der Waals surface area (Å²) in [7, 11) is 0. The average Bonchev–Trinajstić information content (AvgIpc) is 3.12. The highest BCUT2D eigenvalue weighted by Gasteiger charge is 2.18. The van der Waals surface area contributed by atoms with Gasteiger partial charge in [0.05, 0.1) is 12.9 Å². The quantitative estimate of drug-likeness (QED) is 0.712. The normalized spacial score (nSPS) is 13.9. The van der Waals surface area contributed by atoms with Gasteiger partial charge in [-0.05, 0) is 30.2 Å². The molecule has 1 aliphatic heterocycles. The van der Waals surface area contributed by atoms with E-state index in [4.69, 9.17) is 10.5 Å². The smallest absolute Gasteiger partial charge is 0.388 e. The lowest BCUT2D eigenvalue weighted by Crippen LogP contribution is -2.25. The number of rotatable bonds is 8. The van der Waals surface area contributed by atoms with Gasteiger partial charge in [-0.1, -0.05) is 0 Å². The Morgan fingerprint density at radius 3 is 2.93 bits per heavy atom. The second-order valence-electron chi connectivity index (χ2n) is 5.89. The molecule has 1 amide bonds. The summed E-state index contributed by atoms with van der Waals surface area (Å²) < 4.78 is 36.7. The maximum atomic E-state index is 12.5. The standard InChI is InChI=1S/C18H19F2N5O3/c1-2-27-17-13(12-3-4-22-15(6-12)28-18(19)20)5-11(7-23-17)8-25-9-14(16(21)26)24-10-25/h3-6,9-10,18,23H,2,7-8H2,1H3,(H2,21,26). The van der Waals surface area contributed by atoms with E-state index < -0.39 is 12.5 Å². The van der Waals surface area contributed by atoms with Crippen LogP contribution < -0.4 is 15.8 Å². The van der Waals surface area contributed by atoms with E-state index in [2.05, 4.69) is 20.0 Å². The van der Waals surface area contributed by atoms with Crippen LogP contribution in [0.15, 0.2) is 48.4 Å². The van der Waals surface area contributed by atoms with Crippen LogP contribution in [0.3, 0.4) is 0 Å². The van der Waals surface area contributed by atoms with Gasteiger partial charge in [0, 0.05) is 37.1 Å². The first kappa shape index (κ1) is 19.3. The lowest BCUT2D eigenvalue weighted by Gasteiger charge is -2.22. The monoisotopic (exact) mass is 391 g/mol. The number of alkyl halides is 2. The van der Waals surface area contributed by atoms with Crippen molar-refractivity contribution in [3.63, 3.8) is 0 Å². The van der Waals surface area contributed by atoms with E-state index in [1.165, 1.54) is 18.6 Å². The number of halogens is 2. The minimum Gasteiger partial charge on any atom is -0.479 e. The van der Waals surface area contributed by atoms with Gasteiger partial charge in [0.2, 0.25) is 5.88 Å². The number of nitrogens with one attached hydrogen (secondary N) is 1. The first-order valence-corrected chi connectivity index (χ1v) is 8.49. The van der Waals surface area contributed by atoms with Crippen LogP contribution in [0.2, 0.25) is 0 Å². The van der Waals surface area contributed by atoms with Gasteiger partial charge in [-0.2, -0.15) is 8.78 Å². The van der Waals surface area contributed by atoms with Crippen molar-refractivity contribution >= 4 is 11.5 Å². The summed E-state index contributed by atoms with van der Waals surface area (Å²) in [5, 5.41) is 3.18. The van der Waals surface area contributed by atoms with E-state index in [1.54, 1.807) is 16.8 Å². The van der Waals surface area contributed by atoms with Crippen LogP contribution in [0.5, 0.6) is 5.88 Å². The number of amides is 1. The number of pyridine rings is 1. The third-order valence-corrected chi connectivity index (χ3v) is 3.88. The van der Waals surface area contributed by atoms with Crippen molar-refractivity contribution < 1.29 is 23.0 Å². The predicted molar refractivity (Wildman–Crippen MR) is 96.2 cm³/mol. The van der Waals surface area contributed by atoms with Gasteiger partial charge < -0.3 is 25.1 Å². The Morgan fingerprint density at radius 2 is 2.25 bits per heavy atom. The molecule has 0 saturated heterocycles. The molecule has 0 aromatic carbocycles. The van der Waals surface area contributed by atoms with Gasteiger partial charge in [0.15, 0.2) is 5.88 Å². The Kier molecular flexibility index (Phi) is 5.87. The molecule has 1 aliphatic rings. The van der Waals surface area contributed by atoms with Crippen molar-refractivity contribution in [1.29, 1.82) is 0 Å². The molecule has 0 bridgehead atoms. The van der Waals surface area contributed by atoms with Gasteiger partial charge in [-0.15, -0.1) is 0 Å². The number of aromatic nitrogens is 3. The molecule has 10 heteroatoms. The summed E-state index contributed by atoms with van der Waals surface area (Å²) in [6.45, 7) is 0.291. The van der Waals surface area contributed by atoms with Gasteiger partial charge in [0.1, 0.15) is 5.69 Å². The second kappa shape index (κ2) is 8.51. The number of carbonyl (C=O) groups excluding carboxylic acids is 1. The van der Waals surface area contributed by atoms with Crippen LogP contribution in [0.25, 0.3) is 5.57 Å². The third kappa shape index (κ3) is 4.64. The molecule has 2 aromatic rings. The number of dihydropyridines is 1. The van der Waals surface area contributed by atoms with E-state index in [-0.39, 0.29) is 11.6 Å². The van der Waals surface area contributed by atoms with Crippen LogP contribution in [0.4, 0.5) is 8.78 Å². The highest BCUT2D eigenvalue weighted by Crippen LogP contribution is 2.27. The number of hydrogen-bond acceptors (Lipinski definition) is 6. The number of allylic oxidation sites excluding steroid dienone is 2. The lowest BCUT2D eigenvalue weighted by atomic mass is 10.0. The van der Waals surface area contributed by atoms with Crippen molar-refractivity contribution in [2.24, 2.45) is 5.73 Å². The molecule has 0 atom stereocenters. The number of primary amides is 1. The highest BCUT2D eigenvalue weighted by molar-refractivity contribution is 5.90. The Labute approximate surface area is 159 Å². The number of carbonyl (C=O) groups is 1. The highest BCUT2D eigenvalue weighted by atomic mass is 19.3. The molecule has 8 nitrogen and oxygen atoms in total. The van der Waals surface area contributed by atoms with Crippen molar-refractivity contribution in [2.75, 3.05) is 13.2 Å². The van der Waals surface area contributed by atoms with Crippen molar-refractivity contribution in [2.45, 2.75) is 20.1 Å². The molecule has 0 spiro atoms. The van der Waals surface area contributed by atoms with Crippen molar-refractivity contribution in [1.82, 2.24) is 19.9 Å². The fraction of sp³-hybridized carbons (Fsp3) is 0.278. The summed E-state index contributed by atoms with van der Waals surface area (Å²) in [5.41, 5.74) is 7.65. The Morgan fingerprint density at radius 1 is 1.43 bits per heavy atom. The Bertz CT molecular complexity index is 923. The van der Waals surface area contributed by atoms with Crippen LogP contribution in [0.1, 0.15) is 23.0 Å². The predicted octanol–water partition coefficient (Wildman–Crippen LogP) is 1.91. The fourth-order valence-corrected chi connectivity index (χ4v) is 2.74. The van der Waals surface area contributed by atoms with Gasteiger partial charge in [-0.25, -0.2) is 9.97 Å². The van der Waals surface area contributed by atoms with E-state index in [0.717, 1.165) is 5.57 Å². The molecule has 2 aromatic heterocycles.